The molecule has 22 heavy (non-hydrogen) atoms. The quantitative estimate of drug-likeness (QED) is 0.747. The van der Waals surface area contributed by atoms with E-state index in [0.29, 0.717) is 5.69 Å². The third kappa shape index (κ3) is 2.92. The highest BCUT2D eigenvalue weighted by Gasteiger charge is 2.43. The van der Waals surface area contributed by atoms with Crippen LogP contribution in [-0.2, 0) is 4.79 Å². The lowest BCUT2D eigenvalue weighted by Crippen LogP contribution is -2.34. The molecule has 4 heteroatoms. The van der Waals surface area contributed by atoms with Gasteiger partial charge in [-0.1, -0.05) is 50.4 Å². The predicted molar refractivity (Wildman–Crippen MR) is 93.0 cm³/mol. The molecule has 3 nitrogen and oxygen atoms in total. The van der Waals surface area contributed by atoms with Crippen molar-refractivity contribution in [2.75, 3.05) is 4.90 Å². The van der Waals surface area contributed by atoms with Crippen LogP contribution in [0.1, 0.15) is 13.8 Å². The summed E-state index contributed by atoms with van der Waals surface area (Å²) in [4.78, 5) is 26.2. The summed E-state index contributed by atoms with van der Waals surface area (Å²) in [6.45, 7) is 11.5. The van der Waals surface area contributed by atoms with Gasteiger partial charge in [0.1, 0.15) is 5.25 Å². The molecule has 2 atom stereocenters. The minimum absolute atomic E-state index is 0.106. The molecular weight excluding hydrogens is 294 g/mol. The van der Waals surface area contributed by atoms with Crippen LogP contribution < -0.4 is 4.90 Å². The Balaban J connectivity index is 2.32. The Kier molecular flexibility index (Phi) is 5.03. The van der Waals surface area contributed by atoms with Gasteiger partial charge in [0.2, 0.25) is 5.91 Å². The minimum Gasteiger partial charge on any atom is -0.273 e. The van der Waals surface area contributed by atoms with Gasteiger partial charge in [-0.05, 0) is 42.0 Å². The number of carbonyl (C=O) groups excluding carboxylic acids is 2. The number of nitrogens with zero attached hydrogens (tertiary/aromatic N) is 1. The number of thioether (sulfide) groups is 1. The van der Waals surface area contributed by atoms with Crippen LogP contribution in [0.25, 0.3) is 0 Å². The van der Waals surface area contributed by atoms with Crippen LogP contribution in [0.15, 0.2) is 66.8 Å². The van der Waals surface area contributed by atoms with E-state index in [4.69, 9.17) is 0 Å². The van der Waals surface area contributed by atoms with Gasteiger partial charge in [0, 0.05) is 5.92 Å². The van der Waals surface area contributed by atoms with E-state index in [-0.39, 0.29) is 17.1 Å². The molecule has 2 amide bonds. The van der Waals surface area contributed by atoms with E-state index in [2.05, 4.69) is 13.2 Å². The fourth-order valence-electron chi connectivity index (χ4n) is 2.54. The van der Waals surface area contributed by atoms with Crippen molar-refractivity contribution >= 4 is 28.6 Å². The van der Waals surface area contributed by atoms with Crippen molar-refractivity contribution in [2.45, 2.75) is 19.1 Å². The van der Waals surface area contributed by atoms with E-state index in [1.165, 1.54) is 4.90 Å². The third-order valence-corrected chi connectivity index (χ3v) is 5.06. The second-order valence-electron chi connectivity index (χ2n) is 5.15. The van der Waals surface area contributed by atoms with Crippen molar-refractivity contribution in [2.24, 2.45) is 5.92 Å². The van der Waals surface area contributed by atoms with Crippen molar-refractivity contribution in [3.8, 4) is 0 Å². The zero-order valence-electron chi connectivity index (χ0n) is 12.8. The molecule has 1 saturated heterocycles. The normalized spacial score (nSPS) is 20.6. The second-order valence-corrected chi connectivity index (χ2v) is 6.24. The standard InChI is InChI=1S/C18H19NO2S/c1-5-12(3)15(6-2)13(4)16-17(20)19(18(21)22-16)14-10-8-7-9-11-14/h5-11,13,16H,1-2H2,3-4H3/b15-12+. The third-order valence-electron chi connectivity index (χ3n) is 3.81. The molecule has 2 unspecified atom stereocenters. The molecule has 0 N–H and O–H groups in total. The summed E-state index contributed by atoms with van der Waals surface area (Å²) in [5.74, 6) is -0.282. The highest BCUT2D eigenvalue weighted by Crippen LogP contribution is 2.38. The molecule has 0 aliphatic carbocycles. The Morgan fingerprint density at radius 1 is 1.23 bits per heavy atom. The van der Waals surface area contributed by atoms with Crippen LogP contribution in [0.3, 0.4) is 0 Å². The van der Waals surface area contributed by atoms with Gasteiger partial charge in [0.25, 0.3) is 5.24 Å². The maximum atomic E-state index is 12.7. The van der Waals surface area contributed by atoms with Crippen molar-refractivity contribution in [3.05, 3.63) is 66.8 Å². The van der Waals surface area contributed by atoms with Gasteiger partial charge in [-0.25, -0.2) is 4.90 Å². The van der Waals surface area contributed by atoms with Gasteiger partial charge in [0.15, 0.2) is 0 Å². The van der Waals surface area contributed by atoms with Gasteiger partial charge in [-0.15, -0.1) is 0 Å². The molecule has 1 aliphatic heterocycles. The first kappa shape index (κ1) is 16.3. The molecule has 1 heterocycles. The van der Waals surface area contributed by atoms with Crippen LogP contribution in [0, 0.1) is 5.92 Å². The monoisotopic (exact) mass is 313 g/mol. The molecule has 0 aromatic heterocycles. The summed E-state index contributed by atoms with van der Waals surface area (Å²) in [7, 11) is 0. The predicted octanol–water partition coefficient (Wildman–Crippen LogP) is 4.58. The topological polar surface area (TPSA) is 37.4 Å². The fraction of sp³-hybridized carbons (Fsp3) is 0.222. The van der Waals surface area contributed by atoms with Crippen LogP contribution in [0.5, 0.6) is 0 Å². The zero-order valence-corrected chi connectivity index (χ0v) is 13.6. The van der Waals surface area contributed by atoms with Gasteiger partial charge in [-0.2, -0.15) is 0 Å². The molecule has 2 rings (SSSR count). The van der Waals surface area contributed by atoms with Crippen molar-refractivity contribution in [1.82, 2.24) is 0 Å². The lowest BCUT2D eigenvalue weighted by atomic mass is 9.92. The first-order valence-corrected chi connectivity index (χ1v) is 7.94. The van der Waals surface area contributed by atoms with E-state index < -0.39 is 5.25 Å². The molecular formula is C18H19NO2S. The average Bonchev–Trinajstić information content (AvgIpc) is 2.83. The number of para-hydroxylation sites is 1. The number of rotatable bonds is 5. The number of hydrogen-bond acceptors (Lipinski definition) is 3. The van der Waals surface area contributed by atoms with Gasteiger partial charge >= 0.3 is 0 Å². The Labute approximate surface area is 135 Å². The Hall–Kier alpha value is -2.07. The summed E-state index contributed by atoms with van der Waals surface area (Å²) in [6.07, 6.45) is 3.49. The smallest absolute Gasteiger partial charge is 0.273 e. The van der Waals surface area contributed by atoms with E-state index >= 15 is 0 Å². The van der Waals surface area contributed by atoms with Crippen LogP contribution in [0.2, 0.25) is 0 Å². The lowest BCUT2D eigenvalue weighted by Gasteiger charge is -2.20. The Bertz CT molecular complexity index is 648. The highest BCUT2D eigenvalue weighted by molar-refractivity contribution is 8.15. The maximum absolute atomic E-state index is 12.7. The molecule has 0 spiro atoms. The molecule has 1 aliphatic rings. The summed E-state index contributed by atoms with van der Waals surface area (Å²) >= 11 is 1.08. The molecule has 0 radical (unpaired) electrons. The lowest BCUT2D eigenvalue weighted by molar-refractivity contribution is -0.117. The van der Waals surface area contributed by atoms with E-state index in [1.807, 2.05) is 32.0 Å². The van der Waals surface area contributed by atoms with E-state index in [9.17, 15) is 9.59 Å². The number of anilines is 1. The van der Waals surface area contributed by atoms with Crippen molar-refractivity contribution in [1.29, 1.82) is 0 Å². The zero-order chi connectivity index (χ0) is 16.3. The number of carbonyl (C=O) groups is 2. The molecule has 0 saturated carbocycles. The average molecular weight is 313 g/mol. The number of amides is 2. The molecule has 0 bridgehead atoms. The number of hydrogen-bond donors (Lipinski definition) is 0. The van der Waals surface area contributed by atoms with Crippen molar-refractivity contribution in [3.63, 3.8) is 0 Å². The maximum Gasteiger partial charge on any atom is 0.293 e. The number of imide groups is 1. The van der Waals surface area contributed by atoms with Gasteiger partial charge in [-0.3, -0.25) is 9.59 Å². The molecule has 1 fully saturated rings. The summed E-state index contributed by atoms with van der Waals surface area (Å²) < 4.78 is 0. The first-order valence-electron chi connectivity index (χ1n) is 7.06. The van der Waals surface area contributed by atoms with Crippen LogP contribution >= 0.6 is 11.8 Å². The summed E-state index contributed by atoms with van der Waals surface area (Å²) in [6, 6.07) is 9.02. The number of benzene rings is 1. The van der Waals surface area contributed by atoms with E-state index in [1.54, 1.807) is 24.3 Å². The second kappa shape index (κ2) is 6.79. The van der Waals surface area contributed by atoms with E-state index in [0.717, 1.165) is 22.9 Å². The van der Waals surface area contributed by atoms with Gasteiger partial charge < -0.3 is 0 Å². The highest BCUT2D eigenvalue weighted by atomic mass is 32.2. The Morgan fingerprint density at radius 2 is 1.86 bits per heavy atom. The Morgan fingerprint density at radius 3 is 2.41 bits per heavy atom. The van der Waals surface area contributed by atoms with Crippen molar-refractivity contribution < 1.29 is 9.59 Å². The first-order chi connectivity index (χ1) is 10.5. The largest absolute Gasteiger partial charge is 0.293 e. The van der Waals surface area contributed by atoms with Gasteiger partial charge in [0.05, 0.1) is 5.69 Å². The molecule has 1 aromatic rings. The molecule has 1 aromatic carbocycles. The fourth-order valence-corrected chi connectivity index (χ4v) is 3.62. The number of allylic oxidation sites excluding steroid dienone is 4. The molecule has 114 valence electrons. The minimum atomic E-state index is -0.435. The van der Waals surface area contributed by atoms with Crippen LogP contribution in [0.4, 0.5) is 10.5 Å². The SMILES string of the molecule is C=C/C(C)=C(\C=C)C(C)C1SC(=O)N(c2ccccc2)C1=O. The van der Waals surface area contributed by atoms with Crippen LogP contribution in [-0.4, -0.2) is 16.4 Å². The summed E-state index contributed by atoms with van der Waals surface area (Å²) in [5.41, 5.74) is 2.54. The summed E-state index contributed by atoms with van der Waals surface area (Å²) in [5, 5.41) is -0.664.